The van der Waals surface area contributed by atoms with E-state index in [0.717, 1.165) is 46.3 Å². The van der Waals surface area contributed by atoms with Gasteiger partial charge in [-0.25, -0.2) is 9.78 Å². The maximum Gasteiger partial charge on any atom is 0.323 e. The van der Waals surface area contributed by atoms with E-state index in [1.165, 1.54) is 10.1 Å². The molecule has 49 heavy (non-hydrogen) atoms. The number of rotatable bonds is 8. The summed E-state index contributed by atoms with van der Waals surface area (Å²) in [6.07, 6.45) is 13.7. The van der Waals surface area contributed by atoms with Gasteiger partial charge in [-0.3, -0.25) is 14.3 Å². The van der Waals surface area contributed by atoms with Gasteiger partial charge in [-0.05, 0) is 77.8 Å². The van der Waals surface area contributed by atoms with Crippen LogP contribution in [0.1, 0.15) is 69.6 Å². The molecule has 2 heterocycles. The van der Waals surface area contributed by atoms with Crippen molar-refractivity contribution in [3.05, 3.63) is 124 Å². The van der Waals surface area contributed by atoms with Crippen molar-refractivity contribution in [3.8, 4) is 23.0 Å². The number of carbonyl (C=O) groups is 1. The van der Waals surface area contributed by atoms with Crippen LogP contribution >= 0.6 is 0 Å². The van der Waals surface area contributed by atoms with Crippen molar-refractivity contribution in [2.24, 2.45) is 13.0 Å². The molecular weight excluding hydrogens is 606 g/mol. The van der Waals surface area contributed by atoms with Crippen LogP contribution in [-0.4, -0.2) is 40.6 Å². The molecule has 0 saturated carbocycles. The molecule has 1 aliphatic carbocycles. The molecule has 252 valence electrons. The first-order valence-electron chi connectivity index (χ1n) is 17.0. The number of carbonyl (C=O) groups excluding carboxylic acids is 1. The first-order valence-corrected chi connectivity index (χ1v) is 17.0. The summed E-state index contributed by atoms with van der Waals surface area (Å²) in [6.45, 7) is 12.0. The van der Waals surface area contributed by atoms with Crippen LogP contribution in [0.5, 0.6) is 0 Å². The van der Waals surface area contributed by atoms with Crippen molar-refractivity contribution in [1.82, 2.24) is 14.5 Å². The van der Waals surface area contributed by atoms with Gasteiger partial charge in [0.15, 0.2) is 0 Å². The van der Waals surface area contributed by atoms with Crippen molar-refractivity contribution in [2.75, 3.05) is 30.8 Å². The number of allylic oxidation sites excluding steroid dienone is 4. The Kier molecular flexibility index (Phi) is 11.3. The van der Waals surface area contributed by atoms with E-state index in [0.29, 0.717) is 23.7 Å². The number of amides is 2. The van der Waals surface area contributed by atoms with E-state index >= 15 is 0 Å². The maximum absolute atomic E-state index is 13.9. The van der Waals surface area contributed by atoms with Crippen LogP contribution < -0.4 is 16.2 Å². The minimum Gasteiger partial charge on any atom is -0.307 e. The van der Waals surface area contributed by atoms with Gasteiger partial charge < -0.3 is 10.6 Å². The average Bonchev–Trinajstić information content (AvgIpc) is 3.06. The normalized spacial score (nSPS) is 16.8. The Balaban J connectivity index is 1.46. The largest absolute Gasteiger partial charge is 0.323 e. The van der Waals surface area contributed by atoms with Crippen molar-refractivity contribution < 1.29 is 4.79 Å². The molecule has 2 amide bonds. The Morgan fingerprint density at radius 3 is 2.47 bits per heavy atom. The molecule has 0 aliphatic heterocycles. The van der Waals surface area contributed by atoms with E-state index in [9.17, 15) is 9.59 Å². The molecule has 7 heteroatoms. The highest BCUT2D eigenvalue weighted by atomic mass is 16.2. The topological polar surface area (TPSA) is 79.3 Å². The Morgan fingerprint density at radius 2 is 1.73 bits per heavy atom. The van der Waals surface area contributed by atoms with Crippen LogP contribution in [0.25, 0.3) is 22.2 Å². The number of pyridine rings is 2. The summed E-state index contributed by atoms with van der Waals surface area (Å²) in [7, 11) is 3.74. The molecule has 0 saturated heterocycles. The molecule has 0 bridgehead atoms. The minimum atomic E-state index is -0.477. The lowest BCUT2D eigenvalue weighted by molar-refractivity contribution is 0.262. The van der Waals surface area contributed by atoms with Gasteiger partial charge in [0, 0.05) is 42.0 Å². The van der Waals surface area contributed by atoms with Gasteiger partial charge >= 0.3 is 6.03 Å². The van der Waals surface area contributed by atoms with E-state index in [1.54, 1.807) is 13.2 Å². The fraction of sp³-hybridized carbons (Fsp3) is 0.310. The molecule has 1 atom stereocenters. The lowest BCUT2D eigenvalue weighted by Gasteiger charge is -2.21. The van der Waals surface area contributed by atoms with E-state index < -0.39 is 6.03 Å². The summed E-state index contributed by atoms with van der Waals surface area (Å²) in [6, 6.07) is 17.2. The van der Waals surface area contributed by atoms with Crippen molar-refractivity contribution >= 4 is 28.4 Å². The van der Waals surface area contributed by atoms with Gasteiger partial charge in [-0.1, -0.05) is 107 Å². The highest BCUT2D eigenvalue weighted by Crippen LogP contribution is 2.35. The summed E-state index contributed by atoms with van der Waals surface area (Å²) in [5.41, 5.74) is 6.65. The lowest BCUT2D eigenvalue weighted by atomic mass is 9.93. The van der Waals surface area contributed by atoms with Crippen molar-refractivity contribution in [3.63, 3.8) is 0 Å². The molecule has 5 rings (SSSR count). The Morgan fingerprint density at radius 1 is 1.02 bits per heavy atom. The third-order valence-corrected chi connectivity index (χ3v) is 8.77. The first-order chi connectivity index (χ1) is 23.5. The summed E-state index contributed by atoms with van der Waals surface area (Å²) >= 11 is 0. The van der Waals surface area contributed by atoms with Gasteiger partial charge in [-0.2, -0.15) is 0 Å². The molecule has 2 N–H and O–H groups in total. The van der Waals surface area contributed by atoms with Gasteiger partial charge in [0.1, 0.15) is 11.3 Å². The van der Waals surface area contributed by atoms with Crippen molar-refractivity contribution in [1.29, 1.82) is 0 Å². The predicted octanol–water partition coefficient (Wildman–Crippen LogP) is 8.85. The fourth-order valence-corrected chi connectivity index (χ4v) is 6.17. The molecule has 0 radical (unpaired) electrons. The molecule has 2 aromatic heterocycles. The van der Waals surface area contributed by atoms with E-state index in [-0.39, 0.29) is 23.1 Å². The number of urea groups is 1. The van der Waals surface area contributed by atoms with Crippen LogP contribution in [0.3, 0.4) is 0 Å². The highest BCUT2D eigenvalue weighted by Gasteiger charge is 2.22. The predicted molar refractivity (Wildman–Crippen MR) is 204 cm³/mol. The molecule has 1 aliphatic rings. The molecule has 1 unspecified atom stereocenters. The zero-order valence-electron chi connectivity index (χ0n) is 29.7. The Labute approximate surface area is 290 Å². The SMILES string of the molecule is CC1\C=C/C=C(CN(C)CC#Cc2cccc(-c3c(NC(=O)Nc4c(C(C)C)cccc4C(C)C)c(=O)n(C)c4ncccc34)c2)\C=C\C1. The quantitative estimate of drug-likeness (QED) is 0.186. The number of para-hydroxylation sites is 1. The summed E-state index contributed by atoms with van der Waals surface area (Å²) in [5, 5.41) is 6.80. The monoisotopic (exact) mass is 653 g/mol. The van der Waals surface area contributed by atoms with Crippen LogP contribution in [0.4, 0.5) is 16.2 Å². The molecule has 7 nitrogen and oxygen atoms in total. The molecular formula is C42H47N5O2. The maximum atomic E-state index is 13.9. The number of anilines is 2. The van der Waals surface area contributed by atoms with Crippen LogP contribution in [0, 0.1) is 17.8 Å². The summed E-state index contributed by atoms with van der Waals surface area (Å²) in [4.78, 5) is 34.4. The minimum absolute atomic E-state index is 0.183. The molecule has 0 spiro atoms. The number of fused-ring (bicyclic) bond motifs is 1. The number of hydrogen-bond donors (Lipinski definition) is 2. The van der Waals surface area contributed by atoms with Crippen LogP contribution in [-0.2, 0) is 7.05 Å². The zero-order chi connectivity index (χ0) is 35.1. The Hall–Kier alpha value is -5.19. The second-order valence-corrected chi connectivity index (χ2v) is 13.5. The number of likely N-dealkylation sites (N-methyl/N-ethyl adjacent to an activating group) is 1. The smallest absolute Gasteiger partial charge is 0.307 e. The fourth-order valence-electron chi connectivity index (χ4n) is 6.17. The van der Waals surface area contributed by atoms with E-state index in [4.69, 9.17) is 0 Å². The van der Waals surface area contributed by atoms with E-state index in [2.05, 4.69) is 104 Å². The van der Waals surface area contributed by atoms with Crippen LogP contribution in [0.15, 0.2) is 102 Å². The Bertz CT molecular complexity index is 2030. The lowest BCUT2D eigenvalue weighted by Crippen LogP contribution is -2.29. The molecule has 4 aromatic rings. The number of nitrogens with zero attached hydrogens (tertiary/aromatic N) is 3. The summed E-state index contributed by atoms with van der Waals surface area (Å²) < 4.78 is 1.48. The van der Waals surface area contributed by atoms with Gasteiger partial charge in [-0.15, -0.1) is 0 Å². The number of aryl methyl sites for hydroxylation is 1. The number of hydrogen-bond acceptors (Lipinski definition) is 4. The van der Waals surface area contributed by atoms with Gasteiger partial charge in [0.2, 0.25) is 0 Å². The number of aromatic nitrogens is 2. The molecule has 2 aromatic carbocycles. The van der Waals surface area contributed by atoms with Crippen molar-refractivity contribution in [2.45, 2.75) is 52.9 Å². The van der Waals surface area contributed by atoms with Crippen LogP contribution in [0.2, 0.25) is 0 Å². The number of nitrogens with one attached hydrogen (secondary N) is 2. The second kappa shape index (κ2) is 15.8. The van der Waals surface area contributed by atoms with E-state index in [1.807, 2.05) is 54.6 Å². The number of benzene rings is 2. The highest BCUT2D eigenvalue weighted by molar-refractivity contribution is 6.07. The summed E-state index contributed by atoms with van der Waals surface area (Å²) in [5.74, 6) is 7.57. The third kappa shape index (κ3) is 8.46. The standard InChI is InChI=1S/C42H47N5O2/c1-28(2)34-21-11-22-35(29(3)4)38(34)44-42(49)45-39-37(36-23-12-24-43-40(36)47(7)41(39)48)33-20-10-16-31(26-33)19-13-25-46(6)27-32-17-8-14-30(5)15-9-18-32/h8-12,14,16-18,20-24,26,28-30H,15,25,27H2,1-7H3,(H2,44,45,49)/b14-8-,18-9+,32-17+. The van der Waals surface area contributed by atoms with Gasteiger partial charge in [0.05, 0.1) is 6.54 Å². The first kappa shape index (κ1) is 35.1. The second-order valence-electron chi connectivity index (χ2n) is 13.5. The molecule has 0 fully saturated rings. The van der Waals surface area contributed by atoms with Gasteiger partial charge in [0.25, 0.3) is 5.56 Å². The average molecular weight is 654 g/mol. The third-order valence-electron chi connectivity index (χ3n) is 8.77. The zero-order valence-corrected chi connectivity index (χ0v) is 29.7.